The fraction of sp³-hybridized carbons (Fsp3) is 0.625. The van der Waals surface area contributed by atoms with E-state index in [1.807, 2.05) is 6.92 Å². The van der Waals surface area contributed by atoms with Crippen molar-refractivity contribution in [3.63, 3.8) is 0 Å². The lowest BCUT2D eigenvalue weighted by atomic mass is 9.96. The number of hydrogen-bond donors (Lipinski definition) is 1. The molecule has 0 fully saturated rings. The summed E-state index contributed by atoms with van der Waals surface area (Å²) < 4.78 is 5.65. The lowest BCUT2D eigenvalue weighted by Gasteiger charge is -2.37. The predicted octanol–water partition coefficient (Wildman–Crippen LogP) is 2.58. The van der Waals surface area contributed by atoms with Crippen LogP contribution in [-0.2, 0) is 11.2 Å². The van der Waals surface area contributed by atoms with Crippen molar-refractivity contribution in [2.75, 3.05) is 24.6 Å². The molecule has 3 nitrogen and oxygen atoms in total. The smallest absolute Gasteiger partial charge is 0.0713 e. The summed E-state index contributed by atoms with van der Waals surface area (Å²) in [6.07, 6.45) is 3.62. The first kappa shape index (κ1) is 14.4. The monoisotopic (exact) mass is 262 g/mol. The second-order valence-corrected chi connectivity index (χ2v) is 5.31. The molecule has 1 aliphatic rings. The van der Waals surface area contributed by atoms with Crippen LogP contribution in [0.4, 0.5) is 5.69 Å². The molecule has 0 radical (unpaired) electrons. The zero-order chi connectivity index (χ0) is 13.7. The Morgan fingerprint density at radius 3 is 2.95 bits per heavy atom. The Balaban J connectivity index is 2.02. The number of nitrogens with two attached hydrogens (primary N) is 1. The van der Waals surface area contributed by atoms with E-state index in [1.165, 1.54) is 24.1 Å². The van der Waals surface area contributed by atoms with Gasteiger partial charge in [0.05, 0.1) is 6.10 Å². The quantitative estimate of drug-likeness (QED) is 0.856. The van der Waals surface area contributed by atoms with E-state index in [0.717, 1.165) is 19.6 Å². The molecule has 19 heavy (non-hydrogen) atoms. The van der Waals surface area contributed by atoms with Crippen LogP contribution in [0.5, 0.6) is 0 Å². The third-order valence-electron chi connectivity index (χ3n) is 4.02. The molecule has 2 atom stereocenters. The highest BCUT2D eigenvalue weighted by molar-refractivity contribution is 5.56. The van der Waals surface area contributed by atoms with E-state index < -0.39 is 0 Å². The number of ether oxygens (including phenoxy) is 1. The number of fused-ring (bicyclic) bond motifs is 1. The van der Waals surface area contributed by atoms with Gasteiger partial charge in [0.25, 0.3) is 0 Å². The van der Waals surface area contributed by atoms with Crippen LogP contribution in [0.25, 0.3) is 0 Å². The van der Waals surface area contributed by atoms with E-state index >= 15 is 0 Å². The molecule has 0 aromatic heterocycles. The number of aryl methyl sites for hydroxylation is 1. The Kier molecular flexibility index (Phi) is 5.23. The van der Waals surface area contributed by atoms with Gasteiger partial charge in [-0.15, -0.1) is 0 Å². The highest BCUT2D eigenvalue weighted by Crippen LogP contribution is 2.30. The van der Waals surface area contributed by atoms with Crippen LogP contribution < -0.4 is 10.6 Å². The summed E-state index contributed by atoms with van der Waals surface area (Å²) in [6, 6.07) is 9.36. The van der Waals surface area contributed by atoms with Crippen molar-refractivity contribution in [1.82, 2.24) is 0 Å². The Morgan fingerprint density at radius 2 is 2.21 bits per heavy atom. The first-order valence-corrected chi connectivity index (χ1v) is 7.42. The summed E-state index contributed by atoms with van der Waals surface area (Å²) in [4.78, 5) is 2.51. The zero-order valence-corrected chi connectivity index (χ0v) is 12.1. The van der Waals surface area contributed by atoms with Crippen LogP contribution in [0, 0.1) is 0 Å². The highest BCUT2D eigenvalue weighted by atomic mass is 16.5. The topological polar surface area (TPSA) is 38.5 Å². The molecule has 2 unspecified atom stereocenters. The zero-order valence-electron chi connectivity index (χ0n) is 12.1. The molecule has 2 rings (SSSR count). The van der Waals surface area contributed by atoms with E-state index in [4.69, 9.17) is 10.5 Å². The molecule has 0 saturated heterocycles. The van der Waals surface area contributed by atoms with Crippen molar-refractivity contribution in [1.29, 1.82) is 0 Å². The fourth-order valence-corrected chi connectivity index (χ4v) is 2.89. The van der Waals surface area contributed by atoms with Gasteiger partial charge in [0.15, 0.2) is 0 Å². The Hall–Kier alpha value is -1.06. The molecule has 1 aliphatic heterocycles. The lowest BCUT2D eigenvalue weighted by molar-refractivity contribution is 0.0640. The molecule has 3 heteroatoms. The molecule has 106 valence electrons. The van der Waals surface area contributed by atoms with E-state index in [-0.39, 0.29) is 6.10 Å². The standard InChI is InChI=1S/C16H26N2O/c1-3-19-15(12-17)10-11-18-13(2)8-9-14-6-4-5-7-16(14)18/h4-7,13,15H,3,8-12,17H2,1-2H3. The van der Waals surface area contributed by atoms with Crippen molar-refractivity contribution in [2.45, 2.75) is 45.3 Å². The van der Waals surface area contributed by atoms with Gasteiger partial charge in [-0.3, -0.25) is 0 Å². The van der Waals surface area contributed by atoms with Crippen molar-refractivity contribution in [2.24, 2.45) is 5.73 Å². The molecular weight excluding hydrogens is 236 g/mol. The van der Waals surface area contributed by atoms with Gasteiger partial charge >= 0.3 is 0 Å². The normalized spacial score (nSPS) is 20.2. The predicted molar refractivity (Wildman–Crippen MR) is 80.7 cm³/mol. The van der Waals surface area contributed by atoms with Crippen LogP contribution in [0.2, 0.25) is 0 Å². The minimum Gasteiger partial charge on any atom is -0.377 e. The van der Waals surface area contributed by atoms with Gasteiger partial charge in [-0.05, 0) is 44.7 Å². The maximum atomic E-state index is 5.76. The summed E-state index contributed by atoms with van der Waals surface area (Å²) in [5.74, 6) is 0. The molecule has 0 spiro atoms. The van der Waals surface area contributed by atoms with Gasteiger partial charge in [0.1, 0.15) is 0 Å². The number of nitrogens with zero attached hydrogens (tertiary/aromatic N) is 1. The van der Waals surface area contributed by atoms with Gasteiger partial charge in [-0.25, -0.2) is 0 Å². The number of benzene rings is 1. The second-order valence-electron chi connectivity index (χ2n) is 5.31. The third kappa shape index (κ3) is 3.48. The molecule has 0 aliphatic carbocycles. The molecule has 0 bridgehead atoms. The van der Waals surface area contributed by atoms with E-state index in [9.17, 15) is 0 Å². The number of hydrogen-bond acceptors (Lipinski definition) is 3. The largest absolute Gasteiger partial charge is 0.377 e. The minimum atomic E-state index is 0.186. The minimum absolute atomic E-state index is 0.186. The third-order valence-corrected chi connectivity index (χ3v) is 4.02. The van der Waals surface area contributed by atoms with Crippen LogP contribution in [-0.4, -0.2) is 31.8 Å². The molecular formula is C16H26N2O. The molecule has 1 aromatic carbocycles. The van der Waals surface area contributed by atoms with Crippen molar-refractivity contribution < 1.29 is 4.74 Å². The summed E-state index contributed by atoms with van der Waals surface area (Å²) >= 11 is 0. The average Bonchev–Trinajstić information content (AvgIpc) is 2.45. The molecule has 1 aromatic rings. The molecule has 2 N–H and O–H groups in total. The van der Waals surface area contributed by atoms with Crippen LogP contribution in [0.15, 0.2) is 24.3 Å². The second kappa shape index (κ2) is 6.92. The average molecular weight is 262 g/mol. The first-order valence-electron chi connectivity index (χ1n) is 7.42. The Morgan fingerprint density at radius 1 is 1.42 bits per heavy atom. The van der Waals surface area contributed by atoms with Crippen molar-refractivity contribution in [3.8, 4) is 0 Å². The van der Waals surface area contributed by atoms with Gasteiger partial charge < -0.3 is 15.4 Å². The van der Waals surface area contributed by atoms with Crippen LogP contribution in [0.3, 0.4) is 0 Å². The van der Waals surface area contributed by atoms with Crippen molar-refractivity contribution >= 4 is 5.69 Å². The van der Waals surface area contributed by atoms with Gasteiger partial charge in [0.2, 0.25) is 0 Å². The maximum absolute atomic E-state index is 5.76. The lowest BCUT2D eigenvalue weighted by Crippen LogP contribution is -2.40. The van der Waals surface area contributed by atoms with Crippen molar-refractivity contribution in [3.05, 3.63) is 29.8 Å². The SMILES string of the molecule is CCOC(CN)CCN1c2ccccc2CCC1C. The maximum Gasteiger partial charge on any atom is 0.0713 e. The Labute approximate surface area is 116 Å². The number of rotatable bonds is 6. The summed E-state index contributed by atoms with van der Waals surface area (Å²) in [7, 11) is 0. The van der Waals surface area contributed by atoms with Gasteiger partial charge in [-0.2, -0.15) is 0 Å². The van der Waals surface area contributed by atoms with Crippen LogP contribution >= 0.6 is 0 Å². The molecule has 1 heterocycles. The number of para-hydroxylation sites is 1. The number of anilines is 1. The molecule has 0 amide bonds. The summed E-state index contributed by atoms with van der Waals surface area (Å²) in [5.41, 5.74) is 8.63. The first-order chi connectivity index (χ1) is 9.26. The van der Waals surface area contributed by atoms with Crippen LogP contribution in [0.1, 0.15) is 32.3 Å². The van der Waals surface area contributed by atoms with E-state index in [0.29, 0.717) is 12.6 Å². The van der Waals surface area contributed by atoms with E-state index in [1.54, 1.807) is 0 Å². The summed E-state index contributed by atoms with van der Waals surface area (Å²) in [5, 5.41) is 0. The fourth-order valence-electron chi connectivity index (χ4n) is 2.89. The van der Waals surface area contributed by atoms with Gasteiger partial charge in [-0.1, -0.05) is 18.2 Å². The molecule has 0 saturated carbocycles. The highest BCUT2D eigenvalue weighted by Gasteiger charge is 2.23. The summed E-state index contributed by atoms with van der Waals surface area (Å²) in [6.45, 7) is 6.72. The van der Waals surface area contributed by atoms with Gasteiger partial charge in [0, 0.05) is 31.4 Å². The van der Waals surface area contributed by atoms with E-state index in [2.05, 4.69) is 36.1 Å². The Bertz CT molecular complexity index is 394.